The number of carbonyl (C=O) groups excluding carboxylic acids is 1. The van der Waals surface area contributed by atoms with Crippen LogP contribution in [0.15, 0.2) is 16.5 Å². The normalized spacial score (nSPS) is 11.3. The zero-order valence-corrected chi connectivity index (χ0v) is 12.8. The van der Waals surface area contributed by atoms with Gasteiger partial charge in [0.05, 0.1) is 11.6 Å². The van der Waals surface area contributed by atoms with Crippen LogP contribution in [0, 0.1) is 10.1 Å². The maximum Gasteiger partial charge on any atom is 0.433 e. The minimum atomic E-state index is -0.682. The van der Waals surface area contributed by atoms with Gasteiger partial charge in [0.15, 0.2) is 5.76 Å². The molecule has 0 unspecified atom stereocenters. The molecule has 6 nitrogen and oxygen atoms in total. The number of hydrogen-bond acceptors (Lipinski definition) is 4. The molecule has 0 aliphatic rings. The van der Waals surface area contributed by atoms with E-state index >= 15 is 0 Å². The van der Waals surface area contributed by atoms with Crippen molar-refractivity contribution < 1.29 is 14.1 Å². The summed E-state index contributed by atoms with van der Waals surface area (Å²) in [6.07, 6.45) is 0.706. The zero-order valence-electron chi connectivity index (χ0n) is 9.61. The number of alkyl halides is 2. The van der Waals surface area contributed by atoms with Gasteiger partial charge in [0.25, 0.3) is 5.91 Å². The summed E-state index contributed by atoms with van der Waals surface area (Å²) in [6.45, 7) is 1.94. The molecule has 0 aromatic carbocycles. The molecule has 0 aliphatic carbocycles. The molecule has 0 spiro atoms. The molecular formula is C10H12Br2N2O4. The van der Waals surface area contributed by atoms with Crippen molar-refractivity contribution in [3.8, 4) is 0 Å². The van der Waals surface area contributed by atoms with E-state index in [2.05, 4.69) is 37.2 Å². The van der Waals surface area contributed by atoms with Crippen molar-refractivity contribution in [3.05, 3.63) is 28.0 Å². The second kappa shape index (κ2) is 6.33. The van der Waals surface area contributed by atoms with Crippen LogP contribution in [0.25, 0.3) is 0 Å². The quantitative estimate of drug-likeness (QED) is 0.465. The van der Waals surface area contributed by atoms with Gasteiger partial charge in [-0.2, -0.15) is 0 Å². The van der Waals surface area contributed by atoms with Gasteiger partial charge in [-0.05, 0) is 12.5 Å². The minimum absolute atomic E-state index is 0.0681. The molecule has 1 aromatic heterocycles. The number of nitro groups is 1. The van der Waals surface area contributed by atoms with Crippen molar-refractivity contribution in [2.75, 3.05) is 10.7 Å². The van der Waals surface area contributed by atoms with E-state index in [0.717, 1.165) is 6.07 Å². The van der Waals surface area contributed by atoms with E-state index in [4.69, 9.17) is 4.42 Å². The van der Waals surface area contributed by atoms with Gasteiger partial charge in [-0.25, -0.2) is 0 Å². The van der Waals surface area contributed by atoms with E-state index in [0.29, 0.717) is 17.1 Å². The Bertz CT molecular complexity index is 435. The zero-order chi connectivity index (χ0) is 13.8. The average molecular weight is 384 g/mol. The van der Waals surface area contributed by atoms with Gasteiger partial charge in [0.1, 0.15) is 4.92 Å². The first kappa shape index (κ1) is 15.2. The van der Waals surface area contributed by atoms with Gasteiger partial charge < -0.3 is 9.73 Å². The Hall–Kier alpha value is -0.890. The molecule has 1 N–H and O–H groups in total. The molecule has 18 heavy (non-hydrogen) atoms. The van der Waals surface area contributed by atoms with Crippen molar-refractivity contribution in [2.45, 2.75) is 18.9 Å². The third-order valence-electron chi connectivity index (χ3n) is 2.56. The number of hydrogen-bond donors (Lipinski definition) is 1. The van der Waals surface area contributed by atoms with E-state index in [1.165, 1.54) is 6.07 Å². The van der Waals surface area contributed by atoms with E-state index in [1.807, 2.05) is 6.92 Å². The summed E-state index contributed by atoms with van der Waals surface area (Å²) >= 11 is 6.68. The van der Waals surface area contributed by atoms with Gasteiger partial charge in [0, 0.05) is 10.7 Å². The fourth-order valence-corrected chi connectivity index (χ4v) is 3.23. The molecule has 0 saturated heterocycles. The summed E-state index contributed by atoms with van der Waals surface area (Å²) in [4.78, 5) is 21.7. The Morgan fingerprint density at radius 3 is 2.50 bits per heavy atom. The summed E-state index contributed by atoms with van der Waals surface area (Å²) in [5, 5.41) is 14.4. The molecule has 1 heterocycles. The molecule has 0 radical (unpaired) electrons. The van der Waals surface area contributed by atoms with E-state index in [1.54, 1.807) is 0 Å². The Morgan fingerprint density at radius 2 is 2.11 bits per heavy atom. The Labute approximate surface area is 121 Å². The molecule has 8 heteroatoms. The highest BCUT2D eigenvalue weighted by molar-refractivity contribution is 9.09. The van der Waals surface area contributed by atoms with Gasteiger partial charge in [-0.3, -0.25) is 14.9 Å². The van der Waals surface area contributed by atoms with Crippen LogP contribution in [0.2, 0.25) is 0 Å². The predicted molar refractivity (Wildman–Crippen MR) is 73.4 cm³/mol. The van der Waals surface area contributed by atoms with Crippen LogP contribution in [-0.4, -0.2) is 27.0 Å². The maximum absolute atomic E-state index is 11.9. The molecule has 0 aliphatic heterocycles. The topological polar surface area (TPSA) is 85.4 Å². The highest BCUT2D eigenvalue weighted by Gasteiger charge is 2.29. The first-order valence-corrected chi connectivity index (χ1v) is 7.41. The molecule has 0 saturated carbocycles. The average Bonchev–Trinajstić information content (AvgIpc) is 2.86. The summed E-state index contributed by atoms with van der Waals surface area (Å²) in [5.41, 5.74) is -0.446. The van der Waals surface area contributed by atoms with Crippen molar-refractivity contribution >= 4 is 43.7 Å². The summed E-state index contributed by atoms with van der Waals surface area (Å²) in [5.74, 6) is -0.981. The van der Waals surface area contributed by atoms with E-state index in [-0.39, 0.29) is 5.76 Å². The fraction of sp³-hybridized carbons (Fsp3) is 0.500. The maximum atomic E-state index is 11.9. The Balaban J connectivity index is 2.84. The molecule has 1 amide bonds. The number of amides is 1. The second-order valence-electron chi connectivity index (χ2n) is 3.75. The standard InChI is InChI=1S/C10H12Br2N2O4/c1-2-10(5-11,6-12)13-9(15)7-3-4-8(18-7)14(16)17/h3-4H,2,5-6H2,1H3,(H,13,15). The molecule has 0 atom stereocenters. The second-order valence-corrected chi connectivity index (χ2v) is 4.87. The van der Waals surface area contributed by atoms with Crippen LogP contribution in [0.5, 0.6) is 0 Å². The third-order valence-corrected chi connectivity index (χ3v) is 4.71. The predicted octanol–water partition coefficient (Wildman–Crippen LogP) is 2.86. The highest BCUT2D eigenvalue weighted by Crippen LogP contribution is 2.20. The number of carbonyl (C=O) groups is 1. The van der Waals surface area contributed by atoms with Crippen molar-refractivity contribution in [3.63, 3.8) is 0 Å². The lowest BCUT2D eigenvalue weighted by Crippen LogP contribution is -2.51. The smallest absolute Gasteiger partial charge is 0.395 e. The first-order valence-electron chi connectivity index (χ1n) is 5.16. The fourth-order valence-electron chi connectivity index (χ4n) is 1.23. The molecule has 1 rings (SSSR count). The number of rotatable bonds is 6. The van der Waals surface area contributed by atoms with Crippen LogP contribution in [-0.2, 0) is 0 Å². The summed E-state index contributed by atoms with van der Waals surface area (Å²) in [6, 6.07) is 2.45. The van der Waals surface area contributed by atoms with Crippen LogP contribution >= 0.6 is 31.9 Å². The summed E-state index contributed by atoms with van der Waals surface area (Å²) in [7, 11) is 0. The first-order chi connectivity index (χ1) is 8.48. The lowest BCUT2D eigenvalue weighted by atomic mass is 10.0. The lowest BCUT2D eigenvalue weighted by molar-refractivity contribution is -0.402. The van der Waals surface area contributed by atoms with Crippen LogP contribution in [0.3, 0.4) is 0 Å². The monoisotopic (exact) mass is 382 g/mol. The molecule has 1 aromatic rings. The minimum Gasteiger partial charge on any atom is -0.395 e. The summed E-state index contributed by atoms with van der Waals surface area (Å²) < 4.78 is 4.84. The number of furan rings is 1. The third kappa shape index (κ3) is 3.32. The number of nitrogens with zero attached hydrogens (tertiary/aromatic N) is 1. The van der Waals surface area contributed by atoms with Gasteiger partial charge in [0.2, 0.25) is 0 Å². The van der Waals surface area contributed by atoms with Crippen molar-refractivity contribution in [1.82, 2.24) is 5.32 Å². The highest BCUT2D eigenvalue weighted by atomic mass is 79.9. The van der Waals surface area contributed by atoms with Crippen molar-refractivity contribution in [1.29, 1.82) is 0 Å². The largest absolute Gasteiger partial charge is 0.433 e. The van der Waals surface area contributed by atoms with E-state index in [9.17, 15) is 14.9 Å². The lowest BCUT2D eigenvalue weighted by Gasteiger charge is -2.29. The molecule has 0 bridgehead atoms. The van der Waals surface area contributed by atoms with Gasteiger partial charge in [-0.15, -0.1) is 0 Å². The Morgan fingerprint density at radius 1 is 1.50 bits per heavy atom. The van der Waals surface area contributed by atoms with Gasteiger partial charge in [-0.1, -0.05) is 38.8 Å². The molecular weight excluding hydrogens is 372 g/mol. The van der Waals surface area contributed by atoms with Crippen LogP contribution in [0.1, 0.15) is 23.9 Å². The molecule has 100 valence electrons. The van der Waals surface area contributed by atoms with Gasteiger partial charge >= 0.3 is 5.88 Å². The number of nitrogens with one attached hydrogen (secondary N) is 1. The number of halogens is 2. The van der Waals surface area contributed by atoms with Crippen LogP contribution in [0.4, 0.5) is 5.88 Å². The SMILES string of the molecule is CCC(CBr)(CBr)NC(=O)c1ccc([N+](=O)[O-])o1. The van der Waals surface area contributed by atoms with Crippen LogP contribution < -0.4 is 5.32 Å². The van der Waals surface area contributed by atoms with Crippen molar-refractivity contribution in [2.24, 2.45) is 0 Å². The van der Waals surface area contributed by atoms with E-state index < -0.39 is 22.3 Å². The Kier molecular flexibility index (Phi) is 5.33. The molecule has 0 fully saturated rings.